The van der Waals surface area contributed by atoms with Crippen molar-refractivity contribution in [1.29, 1.82) is 0 Å². The standard InChI is InChI=1S/C11H18N2O8/c1-20-8(15)5-13(6-9(16)21-2)11(19)12-7(3-4-14)10(17)18/h7,14H,3-6H2,1-2H3,(H,12,19)(H,17,18)/t7-/m1/s1. The fourth-order valence-electron chi connectivity index (χ4n) is 1.27. The maximum Gasteiger partial charge on any atom is 0.326 e. The van der Waals surface area contributed by atoms with Gasteiger partial charge in [0.2, 0.25) is 0 Å². The van der Waals surface area contributed by atoms with E-state index >= 15 is 0 Å². The summed E-state index contributed by atoms with van der Waals surface area (Å²) in [6, 6.07) is -2.31. The first-order chi connectivity index (χ1) is 9.85. The highest BCUT2D eigenvalue weighted by molar-refractivity contribution is 5.87. The summed E-state index contributed by atoms with van der Waals surface area (Å²) in [7, 11) is 2.20. The molecule has 0 bridgehead atoms. The van der Waals surface area contributed by atoms with Gasteiger partial charge in [0, 0.05) is 13.0 Å². The number of hydrogen-bond acceptors (Lipinski definition) is 7. The molecule has 0 fully saturated rings. The Morgan fingerprint density at radius 2 is 1.57 bits per heavy atom. The number of rotatable bonds is 8. The molecule has 0 aromatic heterocycles. The van der Waals surface area contributed by atoms with Crippen molar-refractivity contribution in [2.24, 2.45) is 0 Å². The largest absolute Gasteiger partial charge is 0.480 e. The summed E-state index contributed by atoms with van der Waals surface area (Å²) >= 11 is 0. The van der Waals surface area contributed by atoms with Crippen LogP contribution in [0.5, 0.6) is 0 Å². The molecule has 0 saturated carbocycles. The lowest BCUT2D eigenvalue weighted by atomic mass is 10.2. The molecule has 3 N–H and O–H groups in total. The van der Waals surface area contributed by atoms with Gasteiger partial charge in [-0.05, 0) is 0 Å². The zero-order valence-corrected chi connectivity index (χ0v) is 11.7. The van der Waals surface area contributed by atoms with Gasteiger partial charge in [-0.1, -0.05) is 0 Å². The number of esters is 2. The van der Waals surface area contributed by atoms with Gasteiger partial charge in [0.1, 0.15) is 19.1 Å². The summed E-state index contributed by atoms with van der Waals surface area (Å²) < 4.78 is 8.75. The number of carbonyl (C=O) groups is 4. The predicted molar refractivity (Wildman–Crippen MR) is 67.3 cm³/mol. The van der Waals surface area contributed by atoms with Crippen molar-refractivity contribution >= 4 is 23.9 Å². The number of carboxylic acid groups (broad SMARTS) is 1. The Morgan fingerprint density at radius 1 is 1.10 bits per heavy atom. The number of nitrogens with zero attached hydrogens (tertiary/aromatic N) is 1. The van der Waals surface area contributed by atoms with Crippen LogP contribution in [0.2, 0.25) is 0 Å². The van der Waals surface area contributed by atoms with Gasteiger partial charge in [0.25, 0.3) is 0 Å². The summed E-state index contributed by atoms with van der Waals surface area (Å²) in [4.78, 5) is 45.9. The Hall–Kier alpha value is -2.36. The Labute approximate surface area is 120 Å². The zero-order chi connectivity index (χ0) is 16.4. The molecule has 120 valence electrons. The molecule has 21 heavy (non-hydrogen) atoms. The van der Waals surface area contributed by atoms with Gasteiger partial charge in [0.15, 0.2) is 0 Å². The highest BCUT2D eigenvalue weighted by Crippen LogP contribution is 1.98. The maximum atomic E-state index is 11.9. The van der Waals surface area contributed by atoms with Crippen LogP contribution in [0.1, 0.15) is 6.42 Å². The van der Waals surface area contributed by atoms with Gasteiger partial charge >= 0.3 is 23.9 Å². The van der Waals surface area contributed by atoms with Gasteiger partial charge in [0.05, 0.1) is 14.2 Å². The van der Waals surface area contributed by atoms with Crippen molar-refractivity contribution in [2.45, 2.75) is 12.5 Å². The van der Waals surface area contributed by atoms with E-state index in [1.807, 2.05) is 0 Å². The minimum absolute atomic E-state index is 0.217. The Kier molecular flexibility index (Phi) is 8.46. The van der Waals surface area contributed by atoms with E-state index in [9.17, 15) is 19.2 Å². The summed E-state index contributed by atoms with van der Waals surface area (Å²) in [5, 5.41) is 19.7. The second-order valence-electron chi connectivity index (χ2n) is 3.86. The molecule has 0 radical (unpaired) electrons. The van der Waals surface area contributed by atoms with Crippen LogP contribution in [0, 0.1) is 0 Å². The van der Waals surface area contributed by atoms with Crippen molar-refractivity contribution in [3.63, 3.8) is 0 Å². The molecule has 0 heterocycles. The van der Waals surface area contributed by atoms with E-state index in [0.29, 0.717) is 0 Å². The molecule has 0 aliphatic heterocycles. The molecule has 0 saturated heterocycles. The smallest absolute Gasteiger partial charge is 0.326 e. The minimum atomic E-state index is -1.35. The number of aliphatic hydroxyl groups is 1. The Balaban J connectivity index is 4.86. The lowest BCUT2D eigenvalue weighted by Crippen LogP contribution is -2.51. The van der Waals surface area contributed by atoms with Crippen LogP contribution in [0.25, 0.3) is 0 Å². The normalized spacial score (nSPS) is 11.2. The molecular weight excluding hydrogens is 288 g/mol. The predicted octanol–water partition coefficient (Wildman–Crippen LogP) is -1.82. The van der Waals surface area contributed by atoms with E-state index in [-0.39, 0.29) is 6.42 Å². The fourth-order valence-corrected chi connectivity index (χ4v) is 1.27. The van der Waals surface area contributed by atoms with Crippen LogP contribution in [0.3, 0.4) is 0 Å². The van der Waals surface area contributed by atoms with Crippen molar-refractivity contribution in [2.75, 3.05) is 33.9 Å². The number of ether oxygens (including phenoxy) is 2. The first-order valence-corrected chi connectivity index (χ1v) is 5.88. The summed E-state index contributed by atoms with van der Waals surface area (Å²) in [6.45, 7) is -1.56. The van der Waals surface area contributed by atoms with Crippen molar-refractivity contribution in [3.05, 3.63) is 0 Å². The zero-order valence-electron chi connectivity index (χ0n) is 11.7. The first kappa shape index (κ1) is 18.6. The van der Waals surface area contributed by atoms with E-state index in [2.05, 4.69) is 14.8 Å². The molecule has 10 heteroatoms. The molecule has 0 spiro atoms. The molecule has 10 nitrogen and oxygen atoms in total. The monoisotopic (exact) mass is 306 g/mol. The summed E-state index contributed by atoms with van der Waals surface area (Å²) in [5.41, 5.74) is 0. The van der Waals surface area contributed by atoms with E-state index in [0.717, 1.165) is 19.1 Å². The minimum Gasteiger partial charge on any atom is -0.480 e. The number of urea groups is 1. The maximum absolute atomic E-state index is 11.9. The van der Waals surface area contributed by atoms with Gasteiger partial charge in [-0.2, -0.15) is 0 Å². The number of hydrogen-bond donors (Lipinski definition) is 3. The third-order valence-electron chi connectivity index (χ3n) is 2.40. The third-order valence-corrected chi connectivity index (χ3v) is 2.40. The van der Waals surface area contributed by atoms with E-state index in [1.54, 1.807) is 0 Å². The summed E-state index contributed by atoms with van der Waals surface area (Å²) in [6.07, 6.45) is -0.217. The summed E-state index contributed by atoms with van der Waals surface area (Å²) in [5.74, 6) is -2.93. The number of nitrogens with one attached hydrogen (secondary N) is 1. The first-order valence-electron chi connectivity index (χ1n) is 5.88. The van der Waals surface area contributed by atoms with E-state index < -0.39 is 49.7 Å². The van der Waals surface area contributed by atoms with Gasteiger partial charge < -0.3 is 29.9 Å². The van der Waals surface area contributed by atoms with Crippen LogP contribution in [-0.4, -0.2) is 79.0 Å². The highest BCUT2D eigenvalue weighted by atomic mass is 16.5. The second kappa shape index (κ2) is 9.53. The second-order valence-corrected chi connectivity index (χ2v) is 3.86. The molecule has 0 rings (SSSR count). The highest BCUT2D eigenvalue weighted by Gasteiger charge is 2.26. The number of methoxy groups -OCH3 is 2. The molecule has 0 aromatic rings. The average Bonchev–Trinajstić information content (AvgIpc) is 2.45. The molecule has 0 aromatic carbocycles. The number of carboxylic acids is 1. The van der Waals surface area contributed by atoms with Gasteiger partial charge in [-0.15, -0.1) is 0 Å². The van der Waals surface area contributed by atoms with Crippen LogP contribution in [0.4, 0.5) is 4.79 Å². The van der Waals surface area contributed by atoms with Crippen LogP contribution < -0.4 is 5.32 Å². The third kappa shape index (κ3) is 7.11. The van der Waals surface area contributed by atoms with Gasteiger partial charge in [-0.25, -0.2) is 9.59 Å². The number of aliphatic carboxylic acids is 1. The Bertz CT molecular complexity index is 380. The lowest BCUT2D eigenvalue weighted by Gasteiger charge is -2.23. The van der Waals surface area contributed by atoms with Crippen LogP contribution >= 0.6 is 0 Å². The number of amides is 2. The van der Waals surface area contributed by atoms with Crippen molar-refractivity contribution in [3.8, 4) is 0 Å². The topological polar surface area (TPSA) is 142 Å². The van der Waals surface area contributed by atoms with E-state index in [1.165, 1.54) is 0 Å². The van der Waals surface area contributed by atoms with Gasteiger partial charge in [-0.3, -0.25) is 9.59 Å². The SMILES string of the molecule is COC(=O)CN(CC(=O)OC)C(=O)N[C@H](CCO)C(=O)O. The quantitative estimate of drug-likeness (QED) is 0.445. The molecule has 1 atom stereocenters. The van der Waals surface area contributed by atoms with Crippen molar-refractivity contribution in [1.82, 2.24) is 10.2 Å². The van der Waals surface area contributed by atoms with E-state index in [4.69, 9.17) is 10.2 Å². The van der Waals surface area contributed by atoms with Crippen LogP contribution in [-0.2, 0) is 23.9 Å². The molecule has 0 unspecified atom stereocenters. The molecule has 2 amide bonds. The Morgan fingerprint density at radius 3 is 1.90 bits per heavy atom. The molecular formula is C11H18N2O8. The average molecular weight is 306 g/mol. The van der Waals surface area contributed by atoms with Crippen molar-refractivity contribution < 1.29 is 38.9 Å². The lowest BCUT2D eigenvalue weighted by molar-refractivity contribution is -0.144. The molecule has 0 aliphatic rings. The number of aliphatic hydroxyl groups excluding tert-OH is 1. The molecule has 0 aliphatic carbocycles. The number of carbonyl (C=O) groups excluding carboxylic acids is 3. The fraction of sp³-hybridized carbons (Fsp3) is 0.636. The van der Waals surface area contributed by atoms with Crippen LogP contribution in [0.15, 0.2) is 0 Å².